The summed E-state index contributed by atoms with van der Waals surface area (Å²) in [4.78, 5) is 17.6. The van der Waals surface area contributed by atoms with Gasteiger partial charge in [-0.15, -0.1) is 5.92 Å². The number of hydrogen-bond acceptors (Lipinski definition) is 4. The predicted molar refractivity (Wildman–Crippen MR) is 158 cm³/mol. The summed E-state index contributed by atoms with van der Waals surface area (Å²) in [6.45, 7) is 6.05. The average Bonchev–Trinajstić information content (AvgIpc) is 3.52. The summed E-state index contributed by atoms with van der Waals surface area (Å²) in [6.07, 6.45) is 10.1. The van der Waals surface area contributed by atoms with E-state index in [-0.39, 0.29) is 17.9 Å². The molecule has 4 aliphatic rings. The third-order valence-electron chi connectivity index (χ3n) is 10.3. The molecule has 1 saturated carbocycles. The summed E-state index contributed by atoms with van der Waals surface area (Å²) < 4.78 is 6.11. The maximum atomic E-state index is 13.0. The molecule has 2 aromatic rings. The Morgan fingerprint density at radius 2 is 1.80 bits per heavy atom. The maximum absolute atomic E-state index is 13.0. The number of rotatable bonds is 6. The first-order valence-corrected chi connectivity index (χ1v) is 15.5. The first-order chi connectivity index (χ1) is 19.5. The lowest BCUT2D eigenvalue weighted by Crippen LogP contribution is -2.50. The number of hydrogen-bond donors (Lipinski definition) is 1. The lowest BCUT2D eigenvalue weighted by molar-refractivity contribution is -0.134. The molecule has 0 spiro atoms. The van der Waals surface area contributed by atoms with Crippen molar-refractivity contribution in [3.05, 3.63) is 65.2 Å². The molecule has 0 radical (unpaired) electrons. The minimum absolute atomic E-state index is 0.0232. The van der Waals surface area contributed by atoms with E-state index in [1.54, 1.807) is 0 Å². The fourth-order valence-electron chi connectivity index (χ4n) is 8.21. The Labute approximate surface area is 239 Å². The number of likely N-dealkylation sites (tertiary alicyclic amines) is 2. The number of aryl methyl sites for hydroxylation is 1. The second kappa shape index (κ2) is 11.6. The van der Waals surface area contributed by atoms with Crippen molar-refractivity contribution >= 4 is 5.91 Å². The molecule has 1 N–H and O–H groups in total. The zero-order chi connectivity index (χ0) is 27.6. The second-order valence-electron chi connectivity index (χ2n) is 12.6. The molecule has 0 unspecified atom stereocenters. The van der Waals surface area contributed by atoms with Crippen molar-refractivity contribution in [2.45, 2.75) is 88.2 Å². The summed E-state index contributed by atoms with van der Waals surface area (Å²) in [6, 6.07) is 17.9. The molecule has 2 aromatic carbocycles. The van der Waals surface area contributed by atoms with Gasteiger partial charge in [0.1, 0.15) is 11.4 Å². The van der Waals surface area contributed by atoms with Crippen molar-refractivity contribution in [2.24, 2.45) is 5.92 Å². The summed E-state index contributed by atoms with van der Waals surface area (Å²) in [5, 5.41) is 11.2. The third kappa shape index (κ3) is 5.54. The van der Waals surface area contributed by atoms with Crippen LogP contribution in [0.1, 0.15) is 75.0 Å². The molecule has 212 valence electrons. The lowest BCUT2D eigenvalue weighted by Gasteiger charge is -2.52. The van der Waals surface area contributed by atoms with Crippen LogP contribution in [0.5, 0.6) is 5.75 Å². The minimum atomic E-state index is -0.885. The van der Waals surface area contributed by atoms with Crippen molar-refractivity contribution in [2.75, 3.05) is 32.8 Å². The molecule has 2 aliphatic heterocycles. The molecule has 5 heteroatoms. The van der Waals surface area contributed by atoms with E-state index in [9.17, 15) is 9.90 Å². The van der Waals surface area contributed by atoms with Crippen LogP contribution in [0.15, 0.2) is 48.5 Å². The number of ether oxygens (including phenoxy) is 1. The number of amides is 1. The van der Waals surface area contributed by atoms with E-state index in [2.05, 4.69) is 65.3 Å². The molecule has 0 bridgehead atoms. The molecule has 2 saturated heterocycles. The van der Waals surface area contributed by atoms with Gasteiger partial charge < -0.3 is 19.6 Å². The predicted octanol–water partition coefficient (Wildman–Crippen LogP) is 5.13. The highest BCUT2D eigenvalue weighted by atomic mass is 16.5. The van der Waals surface area contributed by atoms with Gasteiger partial charge in [-0.2, -0.15) is 0 Å². The van der Waals surface area contributed by atoms with E-state index < -0.39 is 5.60 Å². The smallest absolute Gasteiger partial charge is 0.260 e. The Hall–Kier alpha value is -2.81. The zero-order valence-electron chi connectivity index (χ0n) is 24.0. The van der Waals surface area contributed by atoms with E-state index in [1.807, 2.05) is 11.8 Å². The van der Waals surface area contributed by atoms with Crippen LogP contribution >= 0.6 is 0 Å². The van der Waals surface area contributed by atoms with Gasteiger partial charge in [0.25, 0.3) is 5.91 Å². The quantitative estimate of drug-likeness (QED) is 0.516. The third-order valence-corrected chi connectivity index (χ3v) is 10.3. The van der Waals surface area contributed by atoms with Crippen LogP contribution in [0.4, 0.5) is 0 Å². The molecule has 5 nitrogen and oxygen atoms in total. The first kappa shape index (κ1) is 27.4. The first-order valence-electron chi connectivity index (χ1n) is 15.5. The second-order valence-corrected chi connectivity index (χ2v) is 12.6. The fourth-order valence-corrected chi connectivity index (χ4v) is 8.21. The largest absolute Gasteiger partial charge is 0.484 e. The number of benzene rings is 2. The number of fused-ring (bicyclic) bond motifs is 3. The summed E-state index contributed by atoms with van der Waals surface area (Å²) in [5.74, 6) is 7.36. The van der Waals surface area contributed by atoms with Crippen molar-refractivity contribution < 1.29 is 14.6 Å². The summed E-state index contributed by atoms with van der Waals surface area (Å²) >= 11 is 0. The minimum Gasteiger partial charge on any atom is -0.484 e. The van der Waals surface area contributed by atoms with E-state index in [4.69, 9.17) is 4.74 Å². The van der Waals surface area contributed by atoms with Gasteiger partial charge in [-0.25, -0.2) is 0 Å². The van der Waals surface area contributed by atoms with E-state index in [0.29, 0.717) is 18.4 Å². The lowest BCUT2D eigenvalue weighted by atomic mass is 9.52. The van der Waals surface area contributed by atoms with Gasteiger partial charge in [0.05, 0.1) is 0 Å². The van der Waals surface area contributed by atoms with Gasteiger partial charge in [-0.3, -0.25) is 4.79 Å². The van der Waals surface area contributed by atoms with Gasteiger partial charge in [-0.1, -0.05) is 42.3 Å². The van der Waals surface area contributed by atoms with Gasteiger partial charge >= 0.3 is 0 Å². The highest BCUT2D eigenvalue weighted by Gasteiger charge is 2.51. The molecular formula is C35H44N2O3. The van der Waals surface area contributed by atoms with Crippen molar-refractivity contribution in [3.8, 4) is 17.6 Å². The van der Waals surface area contributed by atoms with Crippen LogP contribution < -0.4 is 4.74 Å². The normalized spacial score (nSPS) is 28.8. The number of carbonyl (C=O) groups excluding carboxylic acids is 1. The van der Waals surface area contributed by atoms with Gasteiger partial charge in [-0.05, 0) is 119 Å². The van der Waals surface area contributed by atoms with Crippen molar-refractivity contribution in [1.29, 1.82) is 0 Å². The molecule has 40 heavy (non-hydrogen) atoms. The Bertz CT molecular complexity index is 1250. The summed E-state index contributed by atoms with van der Waals surface area (Å²) in [7, 11) is 0. The van der Waals surface area contributed by atoms with Crippen LogP contribution in [0.2, 0.25) is 0 Å². The highest BCUT2D eigenvalue weighted by molar-refractivity contribution is 5.77. The molecule has 2 heterocycles. The Kier molecular flexibility index (Phi) is 7.93. The van der Waals surface area contributed by atoms with Crippen LogP contribution in [0.25, 0.3) is 0 Å². The van der Waals surface area contributed by atoms with Gasteiger partial charge in [0.15, 0.2) is 6.61 Å². The Morgan fingerprint density at radius 1 is 1.02 bits per heavy atom. The van der Waals surface area contributed by atoms with Gasteiger partial charge in [0, 0.05) is 24.5 Å². The van der Waals surface area contributed by atoms with Crippen molar-refractivity contribution in [3.63, 3.8) is 0 Å². The van der Waals surface area contributed by atoms with E-state index in [0.717, 1.165) is 63.8 Å². The zero-order valence-corrected chi connectivity index (χ0v) is 24.0. The average molecular weight is 541 g/mol. The van der Waals surface area contributed by atoms with Gasteiger partial charge in [0.2, 0.25) is 0 Å². The van der Waals surface area contributed by atoms with E-state index in [1.165, 1.54) is 42.6 Å². The molecule has 3 fully saturated rings. The highest BCUT2D eigenvalue weighted by Crippen LogP contribution is 2.54. The molecule has 0 aromatic heterocycles. The van der Waals surface area contributed by atoms with Crippen LogP contribution in [-0.4, -0.2) is 65.2 Å². The topological polar surface area (TPSA) is 53.0 Å². The Morgan fingerprint density at radius 3 is 2.55 bits per heavy atom. The standard InChI is InChI=1S/C35H44N2O3/c1-2-16-34(39)17-18-35(24-27-8-4-3-5-9-27)29(25-34)11-10-28-23-31(12-13-32(28)35)40-26-33(38)37-21-14-30(15-22-37)36-19-6-7-20-36/h3-5,8-9,12-13,23,29-30,39H,6-7,10-11,14-15,17-22,24-26H2,1H3/t29-,34-,35+/m1/s1. The molecule has 3 atom stereocenters. The summed E-state index contributed by atoms with van der Waals surface area (Å²) in [5.41, 5.74) is 3.15. The number of nitrogens with zero attached hydrogens (tertiary/aromatic N) is 2. The van der Waals surface area contributed by atoms with E-state index >= 15 is 0 Å². The van der Waals surface area contributed by atoms with Crippen LogP contribution in [-0.2, 0) is 23.1 Å². The molecule has 2 aliphatic carbocycles. The maximum Gasteiger partial charge on any atom is 0.260 e. The van der Waals surface area contributed by atoms with Crippen molar-refractivity contribution in [1.82, 2.24) is 9.80 Å². The van der Waals surface area contributed by atoms with Crippen LogP contribution in [0, 0.1) is 17.8 Å². The number of carbonyl (C=O) groups is 1. The monoisotopic (exact) mass is 540 g/mol. The number of piperidine rings is 1. The molecule has 1 amide bonds. The molecular weight excluding hydrogens is 496 g/mol. The molecule has 6 rings (SSSR count). The number of aliphatic hydroxyl groups is 1. The Balaban J connectivity index is 1.15. The van der Waals surface area contributed by atoms with Crippen LogP contribution in [0.3, 0.4) is 0 Å². The SMILES string of the molecule is CC#C[C@@]1(O)CC[C@@]2(Cc3ccccc3)c3ccc(OCC(=O)N4CCC(N5CCCC5)CC4)cc3CC[C@@H]2C1. The fraction of sp³-hybridized carbons (Fsp3) is 0.571.